The van der Waals surface area contributed by atoms with Gasteiger partial charge in [-0.25, -0.2) is 9.97 Å². The highest BCUT2D eigenvalue weighted by Gasteiger charge is 2.28. The lowest BCUT2D eigenvalue weighted by atomic mass is 9.98. The molecule has 0 saturated carbocycles. The third-order valence-corrected chi connectivity index (χ3v) is 5.82. The van der Waals surface area contributed by atoms with Crippen molar-refractivity contribution in [3.8, 4) is 5.75 Å². The van der Waals surface area contributed by atoms with E-state index in [2.05, 4.69) is 22.2 Å². The summed E-state index contributed by atoms with van der Waals surface area (Å²) in [5.74, 6) is 0.820. The first-order valence-corrected chi connectivity index (χ1v) is 10.6. The van der Waals surface area contributed by atoms with Gasteiger partial charge in [0.25, 0.3) is 5.91 Å². The number of likely N-dealkylation sites (tertiary alicyclic amines) is 1. The number of anilines is 2. The minimum Gasteiger partial charge on any atom is -0.497 e. The fourth-order valence-corrected chi connectivity index (χ4v) is 4.13. The Kier molecular flexibility index (Phi) is 5.84. The molecule has 1 atom stereocenters. The first-order valence-electron chi connectivity index (χ1n) is 10.6. The Bertz CT molecular complexity index is 1050. The summed E-state index contributed by atoms with van der Waals surface area (Å²) in [6.07, 6.45) is 5.92. The quantitative estimate of drug-likeness (QED) is 0.641. The maximum absolute atomic E-state index is 13.6. The molecule has 0 aliphatic carbocycles. The zero-order valence-electron chi connectivity index (χ0n) is 17.8. The third-order valence-electron chi connectivity index (χ3n) is 5.82. The minimum atomic E-state index is 0.0348. The Morgan fingerprint density at radius 1 is 1.20 bits per heavy atom. The van der Waals surface area contributed by atoms with Gasteiger partial charge >= 0.3 is 0 Å². The SMILES string of the molecule is CCC1CCCCN1C(=O)c1cnc2nc(C)ccc2c1Nc1ccc(OC)cc1. The number of methoxy groups -OCH3 is 1. The van der Waals surface area contributed by atoms with Crippen LogP contribution < -0.4 is 10.1 Å². The molecule has 0 bridgehead atoms. The molecule has 1 N–H and O–H groups in total. The molecule has 4 rings (SSSR count). The molecular weight excluding hydrogens is 376 g/mol. The number of aromatic nitrogens is 2. The number of amides is 1. The van der Waals surface area contributed by atoms with Gasteiger partial charge in [-0.15, -0.1) is 0 Å². The van der Waals surface area contributed by atoms with Crippen molar-refractivity contribution >= 4 is 28.3 Å². The van der Waals surface area contributed by atoms with E-state index >= 15 is 0 Å². The van der Waals surface area contributed by atoms with Crippen LogP contribution in [0.1, 0.15) is 48.7 Å². The molecule has 1 fully saturated rings. The Labute approximate surface area is 177 Å². The summed E-state index contributed by atoms with van der Waals surface area (Å²) in [7, 11) is 1.65. The molecule has 1 amide bonds. The molecule has 6 nitrogen and oxygen atoms in total. The summed E-state index contributed by atoms with van der Waals surface area (Å²) in [6, 6.07) is 11.9. The second kappa shape index (κ2) is 8.69. The van der Waals surface area contributed by atoms with Crippen LogP contribution >= 0.6 is 0 Å². The van der Waals surface area contributed by atoms with E-state index in [1.807, 2.05) is 48.2 Å². The number of carbonyl (C=O) groups is 1. The van der Waals surface area contributed by atoms with Gasteiger partial charge in [0, 0.05) is 35.6 Å². The lowest BCUT2D eigenvalue weighted by Crippen LogP contribution is -2.43. The molecule has 156 valence electrons. The molecule has 0 radical (unpaired) electrons. The summed E-state index contributed by atoms with van der Waals surface area (Å²) < 4.78 is 5.26. The lowest BCUT2D eigenvalue weighted by Gasteiger charge is -2.35. The topological polar surface area (TPSA) is 67.4 Å². The van der Waals surface area contributed by atoms with E-state index in [1.165, 1.54) is 6.42 Å². The number of piperidine rings is 1. The summed E-state index contributed by atoms with van der Waals surface area (Å²) in [6.45, 7) is 4.89. The standard InChI is InChI=1S/C24H28N4O2/c1-4-18-7-5-6-14-28(18)24(29)21-15-25-23-20(13-8-16(2)26-23)22(21)27-17-9-11-19(30-3)12-10-17/h8-13,15,18H,4-7,14H2,1-3H3,(H,25,26,27). The Morgan fingerprint density at radius 2 is 2.00 bits per heavy atom. The highest BCUT2D eigenvalue weighted by molar-refractivity contribution is 6.07. The molecule has 1 saturated heterocycles. The van der Waals surface area contributed by atoms with E-state index in [-0.39, 0.29) is 11.9 Å². The first-order chi connectivity index (χ1) is 14.6. The van der Waals surface area contributed by atoms with E-state index in [9.17, 15) is 4.79 Å². The van der Waals surface area contributed by atoms with Crippen molar-refractivity contribution in [3.05, 3.63) is 53.9 Å². The molecular formula is C24H28N4O2. The van der Waals surface area contributed by atoms with Gasteiger partial charge in [-0.2, -0.15) is 0 Å². The molecule has 1 aliphatic rings. The Hall–Kier alpha value is -3.15. The van der Waals surface area contributed by atoms with Gasteiger partial charge < -0.3 is 15.0 Å². The molecule has 1 aliphatic heterocycles. The van der Waals surface area contributed by atoms with Crippen LogP contribution in [0.25, 0.3) is 11.0 Å². The number of nitrogens with zero attached hydrogens (tertiary/aromatic N) is 3. The van der Waals surface area contributed by atoms with Gasteiger partial charge in [0.1, 0.15) is 5.75 Å². The van der Waals surface area contributed by atoms with Gasteiger partial charge in [0.2, 0.25) is 0 Å². The maximum atomic E-state index is 13.6. The van der Waals surface area contributed by atoms with E-state index in [1.54, 1.807) is 13.3 Å². The molecule has 2 aromatic heterocycles. The average Bonchev–Trinajstić information content (AvgIpc) is 2.79. The second-order valence-electron chi connectivity index (χ2n) is 7.78. The number of aryl methyl sites for hydroxylation is 1. The van der Waals surface area contributed by atoms with Gasteiger partial charge in [0.15, 0.2) is 5.65 Å². The average molecular weight is 405 g/mol. The maximum Gasteiger partial charge on any atom is 0.257 e. The van der Waals surface area contributed by atoms with E-state index in [0.29, 0.717) is 11.2 Å². The highest BCUT2D eigenvalue weighted by Crippen LogP contribution is 2.32. The third kappa shape index (κ3) is 3.95. The molecule has 3 heterocycles. The van der Waals surface area contributed by atoms with Crippen molar-refractivity contribution in [1.29, 1.82) is 0 Å². The number of ether oxygens (including phenoxy) is 1. The van der Waals surface area contributed by atoms with Crippen LogP contribution in [0.5, 0.6) is 5.75 Å². The van der Waals surface area contributed by atoms with Gasteiger partial charge in [0.05, 0.1) is 18.4 Å². The summed E-state index contributed by atoms with van der Waals surface area (Å²) in [5.41, 5.74) is 3.75. The van der Waals surface area contributed by atoms with Gasteiger partial charge in [-0.05, 0) is 69.0 Å². The number of hydrogen-bond acceptors (Lipinski definition) is 5. The first kappa shape index (κ1) is 20.1. The largest absolute Gasteiger partial charge is 0.497 e. The van der Waals surface area contributed by atoms with Crippen molar-refractivity contribution < 1.29 is 9.53 Å². The van der Waals surface area contributed by atoms with Crippen LogP contribution in [-0.2, 0) is 0 Å². The number of hydrogen-bond donors (Lipinski definition) is 1. The van der Waals surface area contributed by atoms with Crippen molar-refractivity contribution in [3.63, 3.8) is 0 Å². The van der Waals surface area contributed by atoms with E-state index in [0.717, 1.165) is 54.0 Å². The zero-order chi connectivity index (χ0) is 21.1. The molecule has 0 spiro atoms. The Morgan fingerprint density at radius 3 is 2.73 bits per heavy atom. The zero-order valence-corrected chi connectivity index (χ0v) is 17.8. The molecule has 6 heteroatoms. The predicted molar refractivity (Wildman–Crippen MR) is 120 cm³/mol. The molecule has 30 heavy (non-hydrogen) atoms. The predicted octanol–water partition coefficient (Wildman–Crippen LogP) is 5.10. The fraction of sp³-hybridized carbons (Fsp3) is 0.375. The monoisotopic (exact) mass is 404 g/mol. The summed E-state index contributed by atoms with van der Waals surface area (Å²) in [5, 5.41) is 4.30. The lowest BCUT2D eigenvalue weighted by molar-refractivity contribution is 0.0609. The molecule has 1 unspecified atom stereocenters. The van der Waals surface area contributed by atoms with Crippen molar-refractivity contribution in [2.24, 2.45) is 0 Å². The van der Waals surface area contributed by atoms with Gasteiger partial charge in [-0.1, -0.05) is 6.92 Å². The number of pyridine rings is 2. The minimum absolute atomic E-state index is 0.0348. The van der Waals surface area contributed by atoms with Crippen LogP contribution in [0, 0.1) is 6.92 Å². The summed E-state index contributed by atoms with van der Waals surface area (Å²) >= 11 is 0. The number of carbonyl (C=O) groups excluding carboxylic acids is 1. The summed E-state index contributed by atoms with van der Waals surface area (Å²) in [4.78, 5) is 24.7. The van der Waals surface area contributed by atoms with Crippen LogP contribution in [0.2, 0.25) is 0 Å². The fourth-order valence-electron chi connectivity index (χ4n) is 4.13. The number of nitrogens with one attached hydrogen (secondary N) is 1. The van der Waals surface area contributed by atoms with Crippen LogP contribution in [0.15, 0.2) is 42.6 Å². The van der Waals surface area contributed by atoms with E-state index in [4.69, 9.17) is 4.74 Å². The van der Waals surface area contributed by atoms with Crippen molar-refractivity contribution in [2.75, 3.05) is 19.0 Å². The van der Waals surface area contributed by atoms with Crippen LogP contribution in [0.4, 0.5) is 11.4 Å². The van der Waals surface area contributed by atoms with Crippen molar-refractivity contribution in [1.82, 2.24) is 14.9 Å². The van der Waals surface area contributed by atoms with Crippen LogP contribution in [-0.4, -0.2) is 40.5 Å². The smallest absolute Gasteiger partial charge is 0.257 e. The molecule has 1 aromatic carbocycles. The van der Waals surface area contributed by atoms with Crippen molar-refractivity contribution in [2.45, 2.75) is 45.6 Å². The number of rotatable bonds is 5. The molecule has 3 aromatic rings. The highest BCUT2D eigenvalue weighted by atomic mass is 16.5. The van der Waals surface area contributed by atoms with Crippen LogP contribution in [0.3, 0.4) is 0 Å². The second-order valence-corrected chi connectivity index (χ2v) is 7.78. The Balaban J connectivity index is 1.79. The number of fused-ring (bicyclic) bond motifs is 1. The van der Waals surface area contributed by atoms with Gasteiger partial charge in [-0.3, -0.25) is 4.79 Å². The normalized spacial score (nSPS) is 16.5. The number of benzene rings is 1. The van der Waals surface area contributed by atoms with E-state index < -0.39 is 0 Å².